The highest BCUT2D eigenvalue weighted by Gasteiger charge is 2.42. The van der Waals surface area contributed by atoms with E-state index in [2.05, 4.69) is 42.3 Å². The fraction of sp³-hybridized carbons (Fsp3) is 0.522. The summed E-state index contributed by atoms with van der Waals surface area (Å²) in [4.78, 5) is 14.6. The molecule has 1 atom stereocenters. The number of hydrogen-bond acceptors (Lipinski definition) is 4. The second-order valence-electron chi connectivity index (χ2n) is 8.42. The summed E-state index contributed by atoms with van der Waals surface area (Å²) in [5, 5.41) is 2.93. The smallest absolute Gasteiger partial charge is 0.287 e. The zero-order chi connectivity index (χ0) is 19.6. The summed E-state index contributed by atoms with van der Waals surface area (Å²) in [5.74, 6) is 0.185. The summed E-state index contributed by atoms with van der Waals surface area (Å²) >= 11 is 0. The molecule has 150 valence electrons. The van der Waals surface area contributed by atoms with E-state index >= 15 is 0 Å². The van der Waals surface area contributed by atoms with E-state index in [1.807, 2.05) is 0 Å². The molecular formula is C23H30N2O3. The lowest BCUT2D eigenvalue weighted by Gasteiger charge is -2.39. The third kappa shape index (κ3) is 4.47. The number of amides is 1. The molecule has 2 aromatic rings. The Labute approximate surface area is 167 Å². The summed E-state index contributed by atoms with van der Waals surface area (Å²) in [6.07, 6.45) is 5.86. The standard InChI is InChI=1S/C23H30N2O3/c1-17-12-18(2)14-19(13-17)16-25-9-7-23(8-10-25)6-5-20(28-23)15-24-22(26)21-4-3-11-27-21/h3-4,11-14,20H,5-10,15-16H2,1-2H3,(H,24,26)/t20-/m0/s1. The number of ether oxygens (including phenoxy) is 1. The lowest BCUT2D eigenvalue weighted by Crippen LogP contribution is -2.44. The van der Waals surface area contributed by atoms with E-state index in [9.17, 15) is 4.79 Å². The molecule has 0 radical (unpaired) electrons. The lowest BCUT2D eigenvalue weighted by molar-refractivity contribution is -0.0764. The molecule has 28 heavy (non-hydrogen) atoms. The van der Waals surface area contributed by atoms with Crippen molar-refractivity contribution in [2.24, 2.45) is 0 Å². The van der Waals surface area contributed by atoms with Crippen molar-refractivity contribution in [2.75, 3.05) is 19.6 Å². The maximum Gasteiger partial charge on any atom is 0.287 e. The Bertz CT molecular complexity index is 787. The van der Waals surface area contributed by atoms with Gasteiger partial charge >= 0.3 is 0 Å². The van der Waals surface area contributed by atoms with Crippen molar-refractivity contribution in [3.05, 3.63) is 59.0 Å². The van der Waals surface area contributed by atoms with Crippen molar-refractivity contribution in [3.63, 3.8) is 0 Å². The number of nitrogens with one attached hydrogen (secondary N) is 1. The first-order valence-electron chi connectivity index (χ1n) is 10.3. The number of piperidine rings is 1. The van der Waals surface area contributed by atoms with Crippen LogP contribution in [0.4, 0.5) is 0 Å². The first-order valence-corrected chi connectivity index (χ1v) is 10.3. The zero-order valence-electron chi connectivity index (χ0n) is 16.9. The van der Waals surface area contributed by atoms with Crippen molar-refractivity contribution < 1.29 is 13.9 Å². The minimum Gasteiger partial charge on any atom is -0.459 e. The first kappa shape index (κ1) is 19.2. The van der Waals surface area contributed by atoms with E-state index < -0.39 is 0 Å². The van der Waals surface area contributed by atoms with Crippen molar-refractivity contribution in [1.82, 2.24) is 10.2 Å². The van der Waals surface area contributed by atoms with Gasteiger partial charge in [0.1, 0.15) is 0 Å². The van der Waals surface area contributed by atoms with Gasteiger partial charge in [0.2, 0.25) is 0 Å². The molecule has 1 aromatic heterocycles. The molecule has 2 saturated heterocycles. The van der Waals surface area contributed by atoms with Gasteiger partial charge in [0, 0.05) is 26.2 Å². The number of carbonyl (C=O) groups is 1. The fourth-order valence-corrected chi connectivity index (χ4v) is 4.65. The highest BCUT2D eigenvalue weighted by atomic mass is 16.5. The van der Waals surface area contributed by atoms with Gasteiger partial charge in [-0.25, -0.2) is 0 Å². The third-order valence-electron chi connectivity index (χ3n) is 6.03. The normalized spacial score (nSPS) is 21.9. The van der Waals surface area contributed by atoms with E-state index in [1.165, 1.54) is 23.0 Å². The van der Waals surface area contributed by atoms with E-state index in [0.29, 0.717) is 12.3 Å². The van der Waals surface area contributed by atoms with Crippen molar-refractivity contribution in [2.45, 2.75) is 57.8 Å². The summed E-state index contributed by atoms with van der Waals surface area (Å²) in [6, 6.07) is 10.2. The molecule has 5 heteroatoms. The van der Waals surface area contributed by atoms with Crippen LogP contribution in [0.25, 0.3) is 0 Å². The van der Waals surface area contributed by atoms with Crippen LogP contribution < -0.4 is 5.32 Å². The molecule has 1 aromatic carbocycles. The molecule has 0 saturated carbocycles. The molecule has 5 nitrogen and oxygen atoms in total. The number of furan rings is 1. The molecule has 0 aliphatic carbocycles. The molecular weight excluding hydrogens is 352 g/mol. The molecule has 1 spiro atoms. The van der Waals surface area contributed by atoms with E-state index in [-0.39, 0.29) is 17.6 Å². The second-order valence-corrected chi connectivity index (χ2v) is 8.42. The average molecular weight is 383 g/mol. The number of likely N-dealkylation sites (tertiary alicyclic amines) is 1. The van der Waals surface area contributed by atoms with Crippen LogP contribution >= 0.6 is 0 Å². The number of carbonyl (C=O) groups excluding carboxylic acids is 1. The van der Waals surface area contributed by atoms with E-state index in [4.69, 9.17) is 9.15 Å². The highest BCUT2D eigenvalue weighted by Crippen LogP contribution is 2.39. The van der Waals surface area contributed by atoms with Crippen LogP contribution in [-0.2, 0) is 11.3 Å². The molecule has 2 aliphatic rings. The van der Waals surface area contributed by atoms with Gasteiger partial charge in [0.05, 0.1) is 18.0 Å². The maximum absolute atomic E-state index is 12.0. The SMILES string of the molecule is Cc1cc(C)cc(CN2CCC3(CC[C@@H](CNC(=O)c4ccco4)O3)CC2)c1. The molecule has 1 amide bonds. The van der Waals surface area contributed by atoms with Gasteiger partial charge < -0.3 is 14.5 Å². The summed E-state index contributed by atoms with van der Waals surface area (Å²) < 4.78 is 11.6. The number of hydrogen-bond donors (Lipinski definition) is 1. The lowest BCUT2D eigenvalue weighted by atomic mass is 9.88. The van der Waals surface area contributed by atoms with Crippen molar-refractivity contribution in [1.29, 1.82) is 0 Å². The molecule has 4 rings (SSSR count). The quantitative estimate of drug-likeness (QED) is 0.854. The molecule has 3 heterocycles. The first-order chi connectivity index (χ1) is 13.5. The molecule has 1 N–H and O–H groups in total. The van der Waals surface area contributed by atoms with Gasteiger partial charge in [0.15, 0.2) is 5.76 Å². The largest absolute Gasteiger partial charge is 0.459 e. The predicted molar refractivity (Wildman–Crippen MR) is 108 cm³/mol. The van der Waals surface area contributed by atoms with Gasteiger partial charge in [-0.15, -0.1) is 0 Å². The minimum atomic E-state index is -0.169. The van der Waals surface area contributed by atoms with Gasteiger partial charge in [-0.05, 0) is 57.2 Å². The van der Waals surface area contributed by atoms with Gasteiger partial charge in [0.25, 0.3) is 5.91 Å². The Hall–Kier alpha value is -2.11. The Morgan fingerprint density at radius 2 is 1.93 bits per heavy atom. The number of benzene rings is 1. The summed E-state index contributed by atoms with van der Waals surface area (Å²) in [5.41, 5.74) is 4.07. The van der Waals surface area contributed by atoms with Gasteiger partial charge in [-0.2, -0.15) is 0 Å². The Morgan fingerprint density at radius 3 is 2.61 bits per heavy atom. The monoisotopic (exact) mass is 382 g/mol. The zero-order valence-corrected chi connectivity index (χ0v) is 16.9. The Balaban J connectivity index is 1.25. The van der Waals surface area contributed by atoms with Crippen LogP contribution in [0, 0.1) is 13.8 Å². The Kier molecular flexibility index (Phi) is 5.56. The van der Waals surface area contributed by atoms with Gasteiger partial charge in [-0.3, -0.25) is 9.69 Å². The average Bonchev–Trinajstić information content (AvgIpc) is 3.32. The summed E-state index contributed by atoms with van der Waals surface area (Å²) in [6.45, 7) is 8.03. The summed E-state index contributed by atoms with van der Waals surface area (Å²) in [7, 11) is 0. The van der Waals surface area contributed by atoms with E-state index in [0.717, 1.165) is 45.3 Å². The fourth-order valence-electron chi connectivity index (χ4n) is 4.65. The van der Waals surface area contributed by atoms with Crippen LogP contribution in [0.2, 0.25) is 0 Å². The van der Waals surface area contributed by atoms with Crippen LogP contribution in [-0.4, -0.2) is 42.1 Å². The number of aryl methyl sites for hydroxylation is 2. The van der Waals surface area contributed by atoms with Crippen LogP contribution in [0.1, 0.15) is 52.9 Å². The van der Waals surface area contributed by atoms with Crippen molar-refractivity contribution >= 4 is 5.91 Å². The highest BCUT2D eigenvalue weighted by molar-refractivity contribution is 5.91. The van der Waals surface area contributed by atoms with E-state index in [1.54, 1.807) is 12.1 Å². The molecule has 2 aliphatic heterocycles. The second kappa shape index (κ2) is 8.10. The Morgan fingerprint density at radius 1 is 1.18 bits per heavy atom. The van der Waals surface area contributed by atoms with Gasteiger partial charge in [-0.1, -0.05) is 29.3 Å². The predicted octanol–water partition coefficient (Wildman–Crippen LogP) is 3.84. The van der Waals surface area contributed by atoms with Crippen molar-refractivity contribution in [3.8, 4) is 0 Å². The number of rotatable bonds is 5. The third-order valence-corrected chi connectivity index (χ3v) is 6.03. The van der Waals surface area contributed by atoms with Crippen LogP contribution in [0.3, 0.4) is 0 Å². The number of nitrogens with zero attached hydrogens (tertiary/aromatic N) is 1. The molecule has 0 unspecified atom stereocenters. The van der Waals surface area contributed by atoms with Crippen LogP contribution in [0.15, 0.2) is 41.0 Å². The molecule has 0 bridgehead atoms. The minimum absolute atomic E-state index is 0.000895. The van der Waals surface area contributed by atoms with Crippen LogP contribution in [0.5, 0.6) is 0 Å². The maximum atomic E-state index is 12.0. The molecule has 2 fully saturated rings. The topological polar surface area (TPSA) is 54.7 Å².